The number of carboxylic acids is 1. The highest BCUT2D eigenvalue weighted by atomic mass is 16.5. The normalized spacial score (nSPS) is 15.5. The van der Waals surface area contributed by atoms with Gasteiger partial charge in [0.05, 0.1) is 12.5 Å². The average molecular weight is 446 g/mol. The Hall–Kier alpha value is -4.20. The minimum absolute atomic E-state index is 0.251. The van der Waals surface area contributed by atoms with Crippen LogP contribution in [0.15, 0.2) is 66.7 Å². The molecular weight excluding hydrogens is 424 g/mol. The van der Waals surface area contributed by atoms with Gasteiger partial charge in [0.2, 0.25) is 5.91 Å². The maximum atomic E-state index is 13.2. The highest BCUT2D eigenvalue weighted by Crippen LogP contribution is 2.33. The van der Waals surface area contributed by atoms with Crippen LogP contribution in [0.4, 0.5) is 5.69 Å². The molecule has 1 aliphatic rings. The Bertz CT molecular complexity index is 1220. The smallest absolute Gasteiger partial charge is 0.305 e. The van der Waals surface area contributed by atoms with Crippen molar-refractivity contribution in [2.24, 2.45) is 0 Å². The Labute approximate surface area is 189 Å². The molecule has 0 spiro atoms. The van der Waals surface area contributed by atoms with E-state index in [-0.39, 0.29) is 13.0 Å². The van der Waals surface area contributed by atoms with Crippen LogP contribution in [0.5, 0.6) is 5.75 Å². The molecule has 8 heteroatoms. The molecule has 33 heavy (non-hydrogen) atoms. The number of ether oxygens (including phenoxy) is 1. The predicted octanol–water partition coefficient (Wildman–Crippen LogP) is 2.33. The van der Waals surface area contributed by atoms with Crippen molar-refractivity contribution in [3.05, 3.63) is 72.3 Å². The van der Waals surface area contributed by atoms with E-state index in [1.807, 2.05) is 48.5 Å². The molecule has 4 rings (SSSR count). The molecule has 1 aliphatic heterocycles. The van der Waals surface area contributed by atoms with Crippen LogP contribution in [-0.4, -0.2) is 47.9 Å². The fraction of sp³-hybridized carbons (Fsp3) is 0.200. The highest BCUT2D eigenvalue weighted by molar-refractivity contribution is 6.04. The third-order valence-electron chi connectivity index (χ3n) is 5.53. The molecule has 0 aromatic heterocycles. The Balaban J connectivity index is 1.54. The Kier molecular flexibility index (Phi) is 6.35. The Morgan fingerprint density at radius 1 is 1.06 bits per heavy atom. The number of hydrogen-bond donors (Lipinski definition) is 2. The standard InChI is InChI=1S/C25H22N2O6/c28-14-18(13-24(30)31)26-25(32)21-12-17-7-2-4-10-20(17)27(21)23(29)15-33-22-11-5-8-16-6-1-3-9-19(16)22/h1-11,14,18,21H,12-13,15H2,(H,26,32)(H,30,31). The van der Waals surface area contributed by atoms with E-state index in [0.29, 0.717) is 17.7 Å². The summed E-state index contributed by atoms with van der Waals surface area (Å²) in [6.07, 6.45) is 0.0949. The number of carboxylic acid groups (broad SMARTS) is 1. The largest absolute Gasteiger partial charge is 0.483 e. The van der Waals surface area contributed by atoms with E-state index in [1.54, 1.807) is 18.2 Å². The number of hydrogen-bond acceptors (Lipinski definition) is 5. The van der Waals surface area contributed by atoms with E-state index in [0.717, 1.165) is 16.3 Å². The summed E-state index contributed by atoms with van der Waals surface area (Å²) in [5.41, 5.74) is 1.39. The van der Waals surface area contributed by atoms with Gasteiger partial charge in [-0.2, -0.15) is 0 Å². The Morgan fingerprint density at radius 2 is 1.79 bits per heavy atom. The van der Waals surface area contributed by atoms with Gasteiger partial charge in [0.25, 0.3) is 5.91 Å². The number of amides is 2. The quantitative estimate of drug-likeness (QED) is 0.514. The topological polar surface area (TPSA) is 113 Å². The van der Waals surface area contributed by atoms with E-state index in [2.05, 4.69) is 5.32 Å². The number of aldehydes is 1. The summed E-state index contributed by atoms with van der Waals surface area (Å²) in [5.74, 6) is -1.67. The lowest BCUT2D eigenvalue weighted by molar-refractivity contribution is -0.139. The van der Waals surface area contributed by atoms with Crippen molar-refractivity contribution in [3.63, 3.8) is 0 Å². The molecule has 2 amide bonds. The highest BCUT2D eigenvalue weighted by Gasteiger charge is 2.39. The molecule has 0 fully saturated rings. The van der Waals surface area contributed by atoms with Crippen LogP contribution in [0.25, 0.3) is 10.8 Å². The fourth-order valence-electron chi connectivity index (χ4n) is 4.03. The van der Waals surface area contributed by atoms with Crippen LogP contribution in [0.1, 0.15) is 12.0 Å². The second-order valence-electron chi connectivity index (χ2n) is 7.73. The van der Waals surface area contributed by atoms with Gasteiger partial charge in [0.1, 0.15) is 18.1 Å². The first kappa shape index (κ1) is 22.0. The molecule has 2 atom stereocenters. The average Bonchev–Trinajstić information content (AvgIpc) is 3.21. The monoisotopic (exact) mass is 446 g/mol. The number of fused-ring (bicyclic) bond motifs is 2. The SMILES string of the molecule is O=CC(CC(=O)O)NC(=O)C1Cc2ccccc2N1C(=O)COc1cccc2ccccc12. The summed E-state index contributed by atoms with van der Waals surface area (Å²) in [4.78, 5) is 49.7. The zero-order chi connectivity index (χ0) is 23.4. The predicted molar refractivity (Wildman–Crippen MR) is 121 cm³/mol. The van der Waals surface area contributed by atoms with Gasteiger partial charge >= 0.3 is 5.97 Å². The van der Waals surface area contributed by atoms with Crippen molar-refractivity contribution in [1.29, 1.82) is 0 Å². The van der Waals surface area contributed by atoms with Gasteiger partial charge in [-0.1, -0.05) is 54.6 Å². The van der Waals surface area contributed by atoms with E-state index in [1.165, 1.54) is 4.90 Å². The van der Waals surface area contributed by atoms with Crippen molar-refractivity contribution in [3.8, 4) is 5.75 Å². The third kappa shape index (κ3) is 4.69. The van der Waals surface area contributed by atoms with Crippen molar-refractivity contribution < 1.29 is 29.0 Å². The molecule has 2 N–H and O–H groups in total. The first-order valence-electron chi connectivity index (χ1n) is 10.5. The second-order valence-corrected chi connectivity index (χ2v) is 7.73. The van der Waals surface area contributed by atoms with Gasteiger partial charge in [0, 0.05) is 17.5 Å². The summed E-state index contributed by atoms with van der Waals surface area (Å²) in [7, 11) is 0. The van der Waals surface area contributed by atoms with Gasteiger partial charge in [-0.05, 0) is 23.1 Å². The molecule has 8 nitrogen and oxygen atoms in total. The van der Waals surface area contributed by atoms with Crippen molar-refractivity contribution in [1.82, 2.24) is 5.32 Å². The molecular formula is C25H22N2O6. The third-order valence-corrected chi connectivity index (χ3v) is 5.53. The molecule has 0 saturated carbocycles. The van der Waals surface area contributed by atoms with Crippen molar-refractivity contribution in [2.75, 3.05) is 11.5 Å². The summed E-state index contributed by atoms with van der Waals surface area (Å²) in [6.45, 7) is -0.293. The van der Waals surface area contributed by atoms with Crippen LogP contribution >= 0.6 is 0 Å². The lowest BCUT2D eigenvalue weighted by Gasteiger charge is -2.26. The number of para-hydroxylation sites is 1. The molecule has 0 radical (unpaired) electrons. The van der Waals surface area contributed by atoms with Crippen LogP contribution < -0.4 is 15.0 Å². The lowest BCUT2D eigenvalue weighted by atomic mass is 10.1. The lowest BCUT2D eigenvalue weighted by Crippen LogP contribution is -2.52. The van der Waals surface area contributed by atoms with E-state index in [4.69, 9.17) is 9.84 Å². The van der Waals surface area contributed by atoms with Crippen molar-refractivity contribution >= 4 is 40.5 Å². The fourth-order valence-corrected chi connectivity index (χ4v) is 4.03. The summed E-state index contributed by atoms with van der Waals surface area (Å²) < 4.78 is 5.83. The molecule has 168 valence electrons. The number of anilines is 1. The molecule has 0 saturated heterocycles. The van der Waals surface area contributed by atoms with Gasteiger partial charge < -0.3 is 20.0 Å². The maximum Gasteiger partial charge on any atom is 0.305 e. The molecule has 0 bridgehead atoms. The van der Waals surface area contributed by atoms with Crippen LogP contribution in [0, 0.1) is 0 Å². The first-order chi connectivity index (χ1) is 16.0. The van der Waals surface area contributed by atoms with Gasteiger partial charge in [-0.15, -0.1) is 0 Å². The van der Waals surface area contributed by atoms with Crippen molar-refractivity contribution in [2.45, 2.75) is 24.9 Å². The number of carbonyl (C=O) groups is 4. The number of benzene rings is 3. The molecule has 3 aromatic carbocycles. The van der Waals surface area contributed by atoms with Gasteiger partial charge in [-0.25, -0.2) is 0 Å². The summed E-state index contributed by atoms with van der Waals surface area (Å²) in [5, 5.41) is 13.2. The van der Waals surface area contributed by atoms with E-state index in [9.17, 15) is 19.2 Å². The number of aliphatic carboxylic acids is 1. The molecule has 0 aliphatic carbocycles. The van der Waals surface area contributed by atoms with E-state index >= 15 is 0 Å². The number of nitrogens with one attached hydrogen (secondary N) is 1. The van der Waals surface area contributed by atoms with Crippen LogP contribution in [0.3, 0.4) is 0 Å². The first-order valence-corrected chi connectivity index (χ1v) is 10.5. The zero-order valence-corrected chi connectivity index (χ0v) is 17.6. The van der Waals surface area contributed by atoms with E-state index < -0.39 is 36.3 Å². The van der Waals surface area contributed by atoms with Crippen LogP contribution in [0.2, 0.25) is 0 Å². The maximum absolute atomic E-state index is 13.2. The second kappa shape index (κ2) is 9.52. The summed E-state index contributed by atoms with van der Waals surface area (Å²) >= 11 is 0. The van der Waals surface area contributed by atoms with Gasteiger partial charge in [-0.3, -0.25) is 19.3 Å². The summed E-state index contributed by atoms with van der Waals surface area (Å²) in [6, 6.07) is 18.3. The van der Waals surface area contributed by atoms with Gasteiger partial charge in [0.15, 0.2) is 6.61 Å². The number of carbonyl (C=O) groups excluding carboxylic acids is 3. The number of nitrogens with zero attached hydrogens (tertiary/aromatic N) is 1. The number of rotatable bonds is 8. The molecule has 3 aromatic rings. The molecule has 2 unspecified atom stereocenters. The Morgan fingerprint density at radius 3 is 2.58 bits per heavy atom. The molecule has 1 heterocycles. The van der Waals surface area contributed by atoms with Crippen LogP contribution in [-0.2, 0) is 25.6 Å². The minimum atomic E-state index is -1.21. The zero-order valence-electron chi connectivity index (χ0n) is 17.6. The minimum Gasteiger partial charge on any atom is -0.483 e.